The molecule has 2 aromatic rings. The van der Waals surface area contributed by atoms with Crippen LogP contribution in [0, 0.1) is 18.3 Å². The first-order valence-electron chi connectivity index (χ1n) is 8.95. The topological polar surface area (TPSA) is 78.0 Å². The highest BCUT2D eigenvalue weighted by Gasteiger charge is 2.34. The summed E-state index contributed by atoms with van der Waals surface area (Å²) in [5.74, 6) is 0. The molecule has 4 rings (SSSR count). The Kier molecular flexibility index (Phi) is 3.71. The molecule has 2 heterocycles. The number of nitrogens with one attached hydrogen (secondary N) is 1. The van der Waals surface area contributed by atoms with E-state index in [0.717, 1.165) is 45.4 Å². The molecule has 1 aromatic carbocycles. The van der Waals surface area contributed by atoms with Gasteiger partial charge in [0, 0.05) is 29.1 Å². The number of nitrogens with two attached hydrogens (primary N) is 1. The lowest BCUT2D eigenvalue weighted by atomic mass is 9.81. The van der Waals surface area contributed by atoms with E-state index in [-0.39, 0.29) is 0 Å². The van der Waals surface area contributed by atoms with Gasteiger partial charge in [0.25, 0.3) is 0 Å². The Balaban J connectivity index is 1.86. The van der Waals surface area contributed by atoms with Crippen molar-refractivity contribution in [3.8, 4) is 6.07 Å². The van der Waals surface area contributed by atoms with Crippen LogP contribution in [-0.2, 0) is 12.0 Å². The van der Waals surface area contributed by atoms with E-state index in [9.17, 15) is 0 Å². The largest absolute Gasteiger partial charge is 0.361 e. The summed E-state index contributed by atoms with van der Waals surface area (Å²) in [7, 11) is 0. The first-order valence-corrected chi connectivity index (χ1v) is 8.95. The van der Waals surface area contributed by atoms with Crippen molar-refractivity contribution in [1.29, 1.82) is 5.26 Å². The molecule has 1 aliphatic carbocycles. The second-order valence-electron chi connectivity index (χ2n) is 7.25. The maximum Gasteiger partial charge on any atom is 0.0950 e. The lowest BCUT2D eigenvalue weighted by molar-refractivity contribution is 0.677. The molecule has 0 saturated carbocycles. The van der Waals surface area contributed by atoms with Crippen LogP contribution in [0.4, 0.5) is 0 Å². The minimum atomic E-state index is -0.711. The quantitative estimate of drug-likeness (QED) is 0.871. The Morgan fingerprint density at radius 1 is 1.38 bits per heavy atom. The molecule has 1 unspecified atom stereocenters. The monoisotopic (exact) mass is 342 g/mol. The highest BCUT2D eigenvalue weighted by molar-refractivity contribution is 6.09. The van der Waals surface area contributed by atoms with Crippen LogP contribution in [0.15, 0.2) is 58.4 Å². The second-order valence-corrected chi connectivity index (χ2v) is 7.25. The van der Waals surface area contributed by atoms with Crippen LogP contribution in [0.2, 0.25) is 0 Å². The Hall–Kier alpha value is -2.90. The van der Waals surface area contributed by atoms with Gasteiger partial charge in [-0.3, -0.25) is 4.99 Å². The smallest absolute Gasteiger partial charge is 0.0950 e. The molecule has 4 nitrogen and oxygen atoms in total. The highest BCUT2D eigenvalue weighted by atomic mass is 14.9. The van der Waals surface area contributed by atoms with E-state index in [1.807, 2.05) is 25.3 Å². The van der Waals surface area contributed by atoms with Gasteiger partial charge in [-0.25, -0.2) is 0 Å². The molecule has 1 aromatic heterocycles. The number of rotatable bonds is 3. The molecule has 0 fully saturated rings. The van der Waals surface area contributed by atoms with E-state index in [1.165, 1.54) is 11.1 Å². The molecule has 1 aliphatic heterocycles. The van der Waals surface area contributed by atoms with E-state index < -0.39 is 5.54 Å². The average molecular weight is 342 g/mol. The van der Waals surface area contributed by atoms with Crippen molar-refractivity contribution >= 4 is 16.6 Å². The number of allylic oxidation sites excluding steroid dienone is 4. The van der Waals surface area contributed by atoms with Gasteiger partial charge in [0.2, 0.25) is 0 Å². The zero-order chi connectivity index (χ0) is 18.5. The fourth-order valence-corrected chi connectivity index (χ4v) is 4.05. The third-order valence-electron chi connectivity index (χ3n) is 5.40. The summed E-state index contributed by atoms with van der Waals surface area (Å²) in [6.07, 6.45) is 9.33. The summed E-state index contributed by atoms with van der Waals surface area (Å²) >= 11 is 0. The number of fused-ring (bicyclic) bond motifs is 2. The molecule has 0 amide bonds. The average Bonchev–Trinajstić information content (AvgIpc) is 3.27. The molecule has 3 N–H and O–H groups in total. The van der Waals surface area contributed by atoms with Crippen LogP contribution >= 0.6 is 0 Å². The summed E-state index contributed by atoms with van der Waals surface area (Å²) in [5, 5.41) is 10.3. The minimum absolute atomic E-state index is 0.625. The molecule has 26 heavy (non-hydrogen) atoms. The molecule has 130 valence electrons. The van der Waals surface area contributed by atoms with E-state index >= 15 is 0 Å². The van der Waals surface area contributed by atoms with Gasteiger partial charge < -0.3 is 10.7 Å². The summed E-state index contributed by atoms with van der Waals surface area (Å²) in [5.41, 5.74) is 14.6. The van der Waals surface area contributed by atoms with Gasteiger partial charge in [-0.2, -0.15) is 5.26 Å². The molecular formula is C22H22N4. The van der Waals surface area contributed by atoms with Gasteiger partial charge in [-0.15, -0.1) is 0 Å². The molecule has 0 radical (unpaired) electrons. The van der Waals surface area contributed by atoms with Crippen molar-refractivity contribution in [3.63, 3.8) is 0 Å². The van der Waals surface area contributed by atoms with E-state index in [0.29, 0.717) is 6.42 Å². The Bertz CT molecular complexity index is 1080. The Morgan fingerprint density at radius 3 is 2.92 bits per heavy atom. The summed E-state index contributed by atoms with van der Waals surface area (Å²) in [6, 6.07) is 6.57. The molecule has 4 heteroatoms. The summed E-state index contributed by atoms with van der Waals surface area (Å²) in [4.78, 5) is 8.15. The van der Waals surface area contributed by atoms with E-state index in [1.54, 1.807) is 0 Å². The third-order valence-corrected chi connectivity index (χ3v) is 5.40. The van der Waals surface area contributed by atoms with Gasteiger partial charge in [0.05, 0.1) is 23.0 Å². The van der Waals surface area contributed by atoms with Crippen molar-refractivity contribution in [3.05, 3.63) is 70.1 Å². The minimum Gasteiger partial charge on any atom is -0.361 e. The van der Waals surface area contributed by atoms with Gasteiger partial charge in [0.1, 0.15) is 0 Å². The fraction of sp³-hybridized carbons (Fsp3) is 0.273. The second kappa shape index (κ2) is 5.82. The van der Waals surface area contributed by atoms with Gasteiger partial charge in [0.15, 0.2) is 0 Å². The lowest BCUT2D eigenvalue weighted by Crippen LogP contribution is -2.41. The lowest BCUT2D eigenvalue weighted by Gasteiger charge is -2.28. The standard InChI is InChI=1S/C22H22N4/c1-4-15-9-13(2)21-17(7-8-25-21)20(15)22(3,24)19-11-16-10-14(12-23)5-6-18(16)26-19/h5-9,11,25H,4,10,24H2,1-3H3. The van der Waals surface area contributed by atoms with Crippen molar-refractivity contribution in [2.75, 3.05) is 0 Å². The van der Waals surface area contributed by atoms with Gasteiger partial charge in [-0.05, 0) is 66.8 Å². The number of aromatic nitrogens is 1. The first-order chi connectivity index (χ1) is 12.5. The molecule has 0 bridgehead atoms. The number of aryl methyl sites for hydroxylation is 2. The number of hydrogen-bond donors (Lipinski definition) is 2. The first kappa shape index (κ1) is 16.6. The Morgan fingerprint density at radius 2 is 2.19 bits per heavy atom. The number of H-pyrrole nitrogens is 1. The SMILES string of the molecule is CCc1cc(C)c2[nH]ccc2c1C(C)(N)C1=NC2=CC=C(C#N)CC2=C1. The molecular weight excluding hydrogens is 320 g/mol. The van der Waals surface area contributed by atoms with Gasteiger partial charge >= 0.3 is 0 Å². The molecule has 0 spiro atoms. The van der Waals surface area contributed by atoms with Gasteiger partial charge in [-0.1, -0.05) is 13.0 Å². The number of nitriles is 1. The van der Waals surface area contributed by atoms with Crippen LogP contribution in [0.3, 0.4) is 0 Å². The van der Waals surface area contributed by atoms with Crippen LogP contribution in [0.5, 0.6) is 0 Å². The highest BCUT2D eigenvalue weighted by Crippen LogP contribution is 2.38. The van der Waals surface area contributed by atoms with Crippen LogP contribution in [0.1, 0.15) is 37.0 Å². The molecule has 1 atom stereocenters. The number of hydrogen-bond acceptors (Lipinski definition) is 3. The zero-order valence-corrected chi connectivity index (χ0v) is 15.4. The van der Waals surface area contributed by atoms with E-state index in [4.69, 9.17) is 16.0 Å². The van der Waals surface area contributed by atoms with E-state index in [2.05, 4.69) is 43.1 Å². The number of aliphatic imine (C=N–C) groups is 1. The summed E-state index contributed by atoms with van der Waals surface area (Å²) < 4.78 is 0. The molecule has 0 saturated heterocycles. The predicted octanol–water partition coefficient (Wildman–Crippen LogP) is 4.33. The third kappa shape index (κ3) is 2.36. The van der Waals surface area contributed by atoms with Crippen molar-refractivity contribution in [2.45, 2.75) is 39.2 Å². The fourth-order valence-electron chi connectivity index (χ4n) is 4.05. The summed E-state index contributed by atoms with van der Waals surface area (Å²) in [6.45, 7) is 6.32. The Labute approximate surface area is 153 Å². The zero-order valence-electron chi connectivity index (χ0n) is 15.4. The normalized spacial score (nSPS) is 18.4. The van der Waals surface area contributed by atoms with Crippen LogP contribution in [-0.4, -0.2) is 10.7 Å². The van der Waals surface area contributed by atoms with Crippen molar-refractivity contribution in [1.82, 2.24) is 4.98 Å². The van der Waals surface area contributed by atoms with Crippen LogP contribution in [0.25, 0.3) is 10.9 Å². The molecule has 2 aliphatic rings. The van der Waals surface area contributed by atoms with Crippen molar-refractivity contribution < 1.29 is 0 Å². The number of nitrogens with zero attached hydrogens (tertiary/aromatic N) is 2. The number of aromatic amines is 1. The van der Waals surface area contributed by atoms with Crippen molar-refractivity contribution in [2.24, 2.45) is 10.7 Å². The van der Waals surface area contributed by atoms with Crippen LogP contribution < -0.4 is 5.73 Å². The maximum atomic E-state index is 9.16. The maximum absolute atomic E-state index is 9.16. The number of benzene rings is 1. The predicted molar refractivity (Wildman–Crippen MR) is 106 cm³/mol.